The summed E-state index contributed by atoms with van der Waals surface area (Å²) in [7, 11) is 1.88. The molecule has 0 bridgehead atoms. The van der Waals surface area contributed by atoms with Crippen molar-refractivity contribution >= 4 is 17.2 Å². The van der Waals surface area contributed by atoms with Crippen LogP contribution in [0.4, 0.5) is 0 Å². The SMILES string of the molecule is CC(C(=O)N(C)Cc1cccs1)C1=CC=CC=CC1. The quantitative estimate of drug-likeness (QED) is 0.817. The van der Waals surface area contributed by atoms with Crippen LogP contribution in [0.3, 0.4) is 0 Å². The first-order valence-electron chi connectivity index (χ1n) is 6.48. The normalized spacial score (nSPS) is 15.8. The Bertz CT molecular complexity index is 511. The van der Waals surface area contributed by atoms with Crippen LogP contribution in [0.25, 0.3) is 0 Å². The number of allylic oxidation sites excluding steroid dienone is 5. The minimum absolute atomic E-state index is 0.0580. The molecule has 1 aliphatic carbocycles. The Morgan fingerprint density at radius 2 is 2.26 bits per heavy atom. The lowest BCUT2D eigenvalue weighted by molar-refractivity contribution is -0.133. The first kappa shape index (κ1) is 13.8. The first-order valence-corrected chi connectivity index (χ1v) is 7.36. The summed E-state index contributed by atoms with van der Waals surface area (Å²) in [6.45, 7) is 2.69. The molecular weight excluding hydrogens is 254 g/mol. The molecule has 0 saturated heterocycles. The summed E-state index contributed by atoms with van der Waals surface area (Å²) in [5.41, 5.74) is 1.17. The maximum atomic E-state index is 12.4. The van der Waals surface area contributed by atoms with Crippen LogP contribution in [0.15, 0.2) is 53.5 Å². The van der Waals surface area contributed by atoms with Crippen molar-refractivity contribution in [3.05, 3.63) is 58.3 Å². The Kier molecular flexibility index (Phi) is 4.74. The van der Waals surface area contributed by atoms with Gasteiger partial charge in [0.1, 0.15) is 0 Å². The Balaban J connectivity index is 2.00. The average Bonchev–Trinajstić information content (AvgIpc) is 2.77. The Labute approximate surface area is 118 Å². The molecule has 1 unspecified atom stereocenters. The first-order chi connectivity index (χ1) is 9.18. The summed E-state index contributed by atoms with van der Waals surface area (Å²) in [5.74, 6) is 0.126. The van der Waals surface area contributed by atoms with E-state index < -0.39 is 0 Å². The Hall–Kier alpha value is -1.61. The zero-order valence-corrected chi connectivity index (χ0v) is 12.2. The fourth-order valence-electron chi connectivity index (χ4n) is 2.12. The number of carbonyl (C=O) groups excluding carboxylic acids is 1. The van der Waals surface area contributed by atoms with Crippen LogP contribution < -0.4 is 0 Å². The number of amides is 1. The predicted molar refractivity (Wildman–Crippen MR) is 80.9 cm³/mol. The van der Waals surface area contributed by atoms with Gasteiger partial charge in [0, 0.05) is 11.9 Å². The van der Waals surface area contributed by atoms with E-state index in [0.29, 0.717) is 6.54 Å². The van der Waals surface area contributed by atoms with E-state index in [9.17, 15) is 4.79 Å². The monoisotopic (exact) mass is 273 g/mol. The number of thiophene rings is 1. The topological polar surface area (TPSA) is 20.3 Å². The summed E-state index contributed by atoms with van der Waals surface area (Å²) >= 11 is 1.69. The molecule has 1 aromatic heterocycles. The lowest BCUT2D eigenvalue weighted by Gasteiger charge is -2.22. The number of carbonyl (C=O) groups is 1. The summed E-state index contributed by atoms with van der Waals surface area (Å²) in [6.07, 6.45) is 11.0. The van der Waals surface area contributed by atoms with Gasteiger partial charge < -0.3 is 4.90 Å². The molecule has 100 valence electrons. The van der Waals surface area contributed by atoms with E-state index in [1.54, 1.807) is 11.3 Å². The van der Waals surface area contributed by atoms with Gasteiger partial charge in [-0.1, -0.05) is 42.0 Å². The number of nitrogens with zero attached hydrogens (tertiary/aromatic N) is 1. The molecule has 0 fully saturated rings. The lowest BCUT2D eigenvalue weighted by Crippen LogP contribution is -2.31. The largest absolute Gasteiger partial charge is 0.340 e. The molecule has 1 amide bonds. The summed E-state index contributed by atoms with van der Waals surface area (Å²) in [6, 6.07) is 4.08. The molecule has 0 radical (unpaired) electrons. The zero-order valence-electron chi connectivity index (χ0n) is 11.4. The van der Waals surface area contributed by atoms with Gasteiger partial charge in [-0.15, -0.1) is 11.3 Å². The molecule has 1 aliphatic rings. The molecule has 0 aromatic carbocycles. The molecule has 0 spiro atoms. The molecule has 0 saturated carbocycles. The second-order valence-electron chi connectivity index (χ2n) is 4.75. The van der Waals surface area contributed by atoms with Crippen LogP contribution in [0.1, 0.15) is 18.2 Å². The molecule has 1 heterocycles. The van der Waals surface area contributed by atoms with Gasteiger partial charge in [0.15, 0.2) is 0 Å². The van der Waals surface area contributed by atoms with Crippen molar-refractivity contribution in [1.82, 2.24) is 4.90 Å². The summed E-state index contributed by atoms with van der Waals surface area (Å²) in [4.78, 5) is 15.5. The van der Waals surface area contributed by atoms with Crippen LogP contribution in [-0.4, -0.2) is 17.9 Å². The van der Waals surface area contributed by atoms with E-state index in [1.165, 1.54) is 10.5 Å². The van der Waals surface area contributed by atoms with Gasteiger partial charge in [0.05, 0.1) is 12.5 Å². The maximum Gasteiger partial charge on any atom is 0.229 e. The van der Waals surface area contributed by atoms with Crippen molar-refractivity contribution in [2.24, 2.45) is 5.92 Å². The third-order valence-electron chi connectivity index (χ3n) is 3.30. The van der Waals surface area contributed by atoms with Gasteiger partial charge in [-0.25, -0.2) is 0 Å². The van der Waals surface area contributed by atoms with Gasteiger partial charge >= 0.3 is 0 Å². The van der Waals surface area contributed by atoms with Gasteiger partial charge in [-0.2, -0.15) is 0 Å². The molecule has 1 aromatic rings. The number of hydrogen-bond donors (Lipinski definition) is 0. The van der Waals surface area contributed by atoms with Crippen LogP contribution in [0.2, 0.25) is 0 Å². The Morgan fingerprint density at radius 3 is 3.00 bits per heavy atom. The highest BCUT2D eigenvalue weighted by molar-refractivity contribution is 7.09. The van der Waals surface area contributed by atoms with Crippen LogP contribution in [0, 0.1) is 5.92 Å². The van der Waals surface area contributed by atoms with Gasteiger partial charge in [-0.3, -0.25) is 4.79 Å². The van der Waals surface area contributed by atoms with Crippen LogP contribution in [-0.2, 0) is 11.3 Å². The van der Waals surface area contributed by atoms with Gasteiger partial charge in [-0.05, 0) is 24.8 Å². The third kappa shape index (κ3) is 3.67. The minimum Gasteiger partial charge on any atom is -0.340 e. The standard InChI is InChI=1S/C16H19NOS/c1-13(14-8-5-3-4-6-9-14)16(18)17(2)12-15-10-7-11-19-15/h3-8,10-11,13H,9,12H2,1-2H3. The smallest absolute Gasteiger partial charge is 0.229 e. The van der Waals surface area contributed by atoms with Crippen molar-refractivity contribution in [2.75, 3.05) is 7.05 Å². The van der Waals surface area contributed by atoms with Crippen molar-refractivity contribution in [3.8, 4) is 0 Å². The molecule has 2 rings (SSSR count). The van der Waals surface area contributed by atoms with Crippen molar-refractivity contribution < 1.29 is 4.79 Å². The van der Waals surface area contributed by atoms with Crippen LogP contribution in [0.5, 0.6) is 0 Å². The van der Waals surface area contributed by atoms with Gasteiger partial charge in [0.2, 0.25) is 5.91 Å². The van der Waals surface area contributed by atoms with E-state index >= 15 is 0 Å². The number of hydrogen-bond acceptors (Lipinski definition) is 2. The minimum atomic E-state index is -0.0580. The number of rotatable bonds is 4. The fraction of sp³-hybridized carbons (Fsp3) is 0.312. The molecule has 19 heavy (non-hydrogen) atoms. The molecular formula is C16H19NOS. The van der Waals surface area contributed by atoms with E-state index in [0.717, 1.165) is 6.42 Å². The van der Waals surface area contributed by atoms with Crippen molar-refractivity contribution in [1.29, 1.82) is 0 Å². The highest BCUT2D eigenvalue weighted by Gasteiger charge is 2.20. The third-order valence-corrected chi connectivity index (χ3v) is 4.16. The van der Waals surface area contributed by atoms with E-state index in [1.807, 2.05) is 48.5 Å². The highest BCUT2D eigenvalue weighted by Crippen LogP contribution is 2.21. The molecule has 1 atom stereocenters. The van der Waals surface area contributed by atoms with Gasteiger partial charge in [0.25, 0.3) is 0 Å². The molecule has 3 heteroatoms. The predicted octanol–water partition coefficient (Wildman–Crippen LogP) is 3.79. The second-order valence-corrected chi connectivity index (χ2v) is 5.79. The van der Waals surface area contributed by atoms with Crippen LogP contribution >= 0.6 is 11.3 Å². The van der Waals surface area contributed by atoms with Crippen molar-refractivity contribution in [3.63, 3.8) is 0 Å². The molecule has 0 N–H and O–H groups in total. The molecule has 0 aliphatic heterocycles. The van der Waals surface area contributed by atoms with E-state index in [4.69, 9.17) is 0 Å². The lowest BCUT2D eigenvalue weighted by atomic mass is 9.96. The van der Waals surface area contributed by atoms with Crippen molar-refractivity contribution in [2.45, 2.75) is 19.9 Å². The Morgan fingerprint density at radius 1 is 1.42 bits per heavy atom. The fourth-order valence-corrected chi connectivity index (χ4v) is 2.88. The summed E-state index contributed by atoms with van der Waals surface area (Å²) in [5, 5.41) is 2.04. The summed E-state index contributed by atoms with van der Waals surface area (Å²) < 4.78 is 0. The maximum absolute atomic E-state index is 12.4. The van der Waals surface area contributed by atoms with E-state index in [2.05, 4.69) is 18.2 Å². The second kappa shape index (κ2) is 6.53. The average molecular weight is 273 g/mol. The highest BCUT2D eigenvalue weighted by atomic mass is 32.1. The zero-order chi connectivity index (χ0) is 13.7. The van der Waals surface area contributed by atoms with E-state index in [-0.39, 0.29) is 11.8 Å². The molecule has 2 nitrogen and oxygen atoms in total.